The lowest BCUT2D eigenvalue weighted by Gasteiger charge is -2.35. The van der Waals surface area contributed by atoms with Crippen molar-refractivity contribution < 1.29 is 32.0 Å². The van der Waals surface area contributed by atoms with Crippen LogP contribution in [0.1, 0.15) is 37.0 Å². The van der Waals surface area contributed by atoms with E-state index in [1.165, 1.54) is 14.1 Å². The number of likely N-dealkylation sites (tertiary alicyclic amines) is 1. The van der Waals surface area contributed by atoms with Gasteiger partial charge in [-0.15, -0.1) is 0 Å². The SMILES string of the molecule is CCN(CC)S(=O)(=O)c1ccc(F)c(C(=O)N2CCN(C(=O)CN3C(=O)CCC3=O)CC2)c1. The average Bonchev–Trinajstić information content (AvgIpc) is 3.11. The summed E-state index contributed by atoms with van der Waals surface area (Å²) in [6.45, 7) is 4.05. The normalized spacial score (nSPS) is 17.3. The van der Waals surface area contributed by atoms with Crippen LogP contribution >= 0.6 is 0 Å². The Hall–Kier alpha value is -2.86. The molecule has 12 heteroatoms. The predicted molar refractivity (Wildman–Crippen MR) is 115 cm³/mol. The highest BCUT2D eigenvalue weighted by Crippen LogP contribution is 2.21. The Morgan fingerprint density at radius 3 is 2.06 bits per heavy atom. The van der Waals surface area contributed by atoms with Gasteiger partial charge in [0.2, 0.25) is 27.7 Å². The average molecular weight is 483 g/mol. The lowest BCUT2D eigenvalue weighted by atomic mass is 10.1. The second kappa shape index (κ2) is 9.96. The van der Waals surface area contributed by atoms with Crippen molar-refractivity contribution in [3.8, 4) is 0 Å². The fourth-order valence-electron chi connectivity index (χ4n) is 3.91. The molecule has 1 aromatic carbocycles. The quantitative estimate of drug-likeness (QED) is 0.516. The summed E-state index contributed by atoms with van der Waals surface area (Å²) in [4.78, 5) is 52.4. The van der Waals surface area contributed by atoms with E-state index in [9.17, 15) is 32.0 Å². The second-order valence-electron chi connectivity index (χ2n) is 7.78. The molecule has 2 aliphatic heterocycles. The van der Waals surface area contributed by atoms with Crippen molar-refractivity contribution in [1.29, 1.82) is 0 Å². The number of imide groups is 1. The Morgan fingerprint density at radius 2 is 1.52 bits per heavy atom. The third kappa shape index (κ3) is 5.06. The number of rotatable bonds is 7. The van der Waals surface area contributed by atoms with Gasteiger partial charge in [-0.1, -0.05) is 13.8 Å². The van der Waals surface area contributed by atoms with Crippen LogP contribution in [0.2, 0.25) is 0 Å². The maximum absolute atomic E-state index is 14.4. The van der Waals surface area contributed by atoms with Crippen molar-refractivity contribution in [3.05, 3.63) is 29.6 Å². The molecule has 0 aromatic heterocycles. The molecule has 0 unspecified atom stereocenters. The molecule has 10 nitrogen and oxygen atoms in total. The lowest BCUT2D eigenvalue weighted by molar-refractivity contribution is -0.146. The summed E-state index contributed by atoms with van der Waals surface area (Å²) in [5.41, 5.74) is -0.351. The van der Waals surface area contributed by atoms with E-state index in [1.807, 2.05) is 0 Å². The van der Waals surface area contributed by atoms with Gasteiger partial charge in [-0.3, -0.25) is 24.1 Å². The van der Waals surface area contributed by atoms with Crippen LogP contribution in [-0.2, 0) is 24.4 Å². The molecule has 0 aliphatic carbocycles. The van der Waals surface area contributed by atoms with Crippen LogP contribution in [0.15, 0.2) is 23.1 Å². The first-order chi connectivity index (χ1) is 15.6. The number of halogens is 1. The molecule has 3 rings (SSSR count). The Morgan fingerprint density at radius 1 is 0.970 bits per heavy atom. The molecule has 0 N–H and O–H groups in total. The number of carbonyl (C=O) groups is 4. The van der Waals surface area contributed by atoms with Crippen LogP contribution in [0, 0.1) is 5.82 Å². The van der Waals surface area contributed by atoms with Crippen LogP contribution in [0.5, 0.6) is 0 Å². The van der Waals surface area contributed by atoms with Crippen molar-refractivity contribution in [2.24, 2.45) is 0 Å². The zero-order valence-corrected chi connectivity index (χ0v) is 19.4. The first-order valence-electron chi connectivity index (χ1n) is 10.8. The van der Waals surface area contributed by atoms with Crippen LogP contribution < -0.4 is 0 Å². The number of amides is 4. The van der Waals surface area contributed by atoms with E-state index in [2.05, 4.69) is 0 Å². The molecule has 180 valence electrons. The van der Waals surface area contributed by atoms with Gasteiger partial charge < -0.3 is 9.80 Å². The summed E-state index contributed by atoms with van der Waals surface area (Å²) in [6.07, 6.45) is 0.200. The van der Waals surface area contributed by atoms with Gasteiger partial charge in [-0.05, 0) is 18.2 Å². The minimum atomic E-state index is -3.86. The molecule has 4 amide bonds. The molecule has 2 aliphatic rings. The van der Waals surface area contributed by atoms with Crippen molar-refractivity contribution in [3.63, 3.8) is 0 Å². The number of piperazine rings is 1. The number of carbonyl (C=O) groups excluding carboxylic acids is 4. The lowest BCUT2D eigenvalue weighted by Crippen LogP contribution is -2.53. The molecule has 2 heterocycles. The molecule has 1 aromatic rings. The third-order valence-corrected chi connectivity index (χ3v) is 7.93. The van der Waals surface area contributed by atoms with E-state index in [1.54, 1.807) is 13.8 Å². The van der Waals surface area contributed by atoms with Crippen LogP contribution in [0.3, 0.4) is 0 Å². The highest BCUT2D eigenvalue weighted by Gasteiger charge is 2.33. The first-order valence-corrected chi connectivity index (χ1v) is 12.2. The number of nitrogens with zero attached hydrogens (tertiary/aromatic N) is 4. The molecule has 0 radical (unpaired) electrons. The fraction of sp³-hybridized carbons (Fsp3) is 0.524. The standard InChI is InChI=1S/C21H27FN4O6S/c1-3-25(4-2)33(31,32)15-5-6-17(22)16(13-15)21(30)24-11-9-23(10-12-24)20(29)14-26-18(27)7-8-19(26)28/h5-6,13H,3-4,7-12,14H2,1-2H3. The summed E-state index contributed by atoms with van der Waals surface area (Å²) in [5.74, 6) is -2.65. The van der Waals surface area contributed by atoms with E-state index >= 15 is 0 Å². The zero-order chi connectivity index (χ0) is 24.3. The number of sulfonamides is 1. The van der Waals surface area contributed by atoms with E-state index in [0.717, 1.165) is 23.1 Å². The topological polar surface area (TPSA) is 115 Å². The number of hydrogen-bond donors (Lipinski definition) is 0. The van der Waals surface area contributed by atoms with Crippen LogP contribution in [0.25, 0.3) is 0 Å². The van der Waals surface area contributed by atoms with Gasteiger partial charge in [0.1, 0.15) is 12.4 Å². The molecular weight excluding hydrogens is 455 g/mol. The summed E-state index contributed by atoms with van der Waals surface area (Å²) >= 11 is 0. The maximum Gasteiger partial charge on any atom is 0.256 e. The molecule has 2 saturated heterocycles. The van der Waals surface area contributed by atoms with E-state index in [4.69, 9.17) is 0 Å². The van der Waals surface area contributed by atoms with Gasteiger partial charge in [0, 0.05) is 52.1 Å². The summed E-state index contributed by atoms with van der Waals surface area (Å²) in [6, 6.07) is 3.15. The van der Waals surface area contributed by atoms with Crippen LogP contribution in [0.4, 0.5) is 4.39 Å². The number of hydrogen-bond acceptors (Lipinski definition) is 6. The second-order valence-corrected chi connectivity index (χ2v) is 9.72. The minimum absolute atomic E-state index is 0.100. The molecule has 0 spiro atoms. The minimum Gasteiger partial charge on any atom is -0.338 e. The van der Waals surface area contributed by atoms with Crippen molar-refractivity contribution >= 4 is 33.7 Å². The zero-order valence-electron chi connectivity index (χ0n) is 18.6. The van der Waals surface area contributed by atoms with Crippen molar-refractivity contribution in [2.75, 3.05) is 45.8 Å². The summed E-state index contributed by atoms with van der Waals surface area (Å²) in [7, 11) is -3.86. The number of benzene rings is 1. The monoisotopic (exact) mass is 482 g/mol. The molecule has 0 saturated carbocycles. The van der Waals surface area contributed by atoms with Gasteiger partial charge in [0.15, 0.2) is 0 Å². The smallest absolute Gasteiger partial charge is 0.256 e. The summed E-state index contributed by atoms with van der Waals surface area (Å²) < 4.78 is 41.2. The highest BCUT2D eigenvalue weighted by molar-refractivity contribution is 7.89. The molecular formula is C21H27FN4O6S. The third-order valence-electron chi connectivity index (χ3n) is 5.88. The first kappa shape index (κ1) is 24.8. The predicted octanol–water partition coefficient (Wildman–Crippen LogP) is 0.290. The van der Waals surface area contributed by atoms with Gasteiger partial charge in [-0.25, -0.2) is 12.8 Å². The maximum atomic E-state index is 14.4. The van der Waals surface area contributed by atoms with E-state index in [-0.39, 0.29) is 80.9 Å². The highest BCUT2D eigenvalue weighted by atomic mass is 32.2. The van der Waals surface area contributed by atoms with Crippen LogP contribution in [-0.4, -0.2) is 96.9 Å². The van der Waals surface area contributed by atoms with Gasteiger partial charge in [0.25, 0.3) is 5.91 Å². The molecule has 0 bridgehead atoms. The van der Waals surface area contributed by atoms with E-state index in [0.29, 0.717) is 0 Å². The molecule has 2 fully saturated rings. The Kier molecular flexibility index (Phi) is 7.48. The van der Waals surface area contributed by atoms with Crippen molar-refractivity contribution in [1.82, 2.24) is 19.0 Å². The van der Waals surface area contributed by atoms with E-state index < -0.39 is 27.7 Å². The molecule has 0 atom stereocenters. The Labute approximate surface area is 192 Å². The van der Waals surface area contributed by atoms with Gasteiger partial charge in [-0.2, -0.15) is 4.31 Å². The van der Waals surface area contributed by atoms with Crippen molar-refractivity contribution in [2.45, 2.75) is 31.6 Å². The van der Waals surface area contributed by atoms with Gasteiger partial charge >= 0.3 is 0 Å². The Balaban J connectivity index is 1.68. The fourth-order valence-corrected chi connectivity index (χ4v) is 5.39. The summed E-state index contributed by atoms with van der Waals surface area (Å²) in [5, 5.41) is 0. The molecule has 33 heavy (non-hydrogen) atoms. The largest absolute Gasteiger partial charge is 0.338 e. The Bertz CT molecular complexity index is 1050. The van der Waals surface area contributed by atoms with Gasteiger partial charge in [0.05, 0.1) is 10.5 Å².